The van der Waals surface area contributed by atoms with Crippen LogP contribution >= 0.6 is 0 Å². The summed E-state index contributed by atoms with van der Waals surface area (Å²) >= 11 is 0. The van der Waals surface area contributed by atoms with Crippen molar-refractivity contribution < 1.29 is 4.74 Å². The highest BCUT2D eigenvalue weighted by Crippen LogP contribution is 2.49. The quantitative estimate of drug-likeness (QED) is 0.533. The number of ether oxygens (including phenoxy) is 1. The number of benzene rings is 2. The topological polar surface area (TPSA) is 34.1 Å². The third-order valence-electron chi connectivity index (χ3n) is 7.30. The van der Waals surface area contributed by atoms with Gasteiger partial charge in [0.1, 0.15) is 0 Å². The van der Waals surface area contributed by atoms with Crippen LogP contribution in [0, 0.1) is 0 Å². The molecule has 2 aromatic carbocycles. The van der Waals surface area contributed by atoms with Gasteiger partial charge in [0.2, 0.25) is 0 Å². The lowest BCUT2D eigenvalue weighted by Gasteiger charge is -2.46. The number of fused-ring (bicyclic) bond motifs is 1. The first-order chi connectivity index (χ1) is 14.8. The minimum Gasteiger partial charge on any atom is -0.375 e. The fourth-order valence-electron chi connectivity index (χ4n) is 5.71. The fraction of sp³-hybridized carbons (Fsp3) is 0.444. The van der Waals surface area contributed by atoms with Crippen LogP contribution in [0.4, 0.5) is 0 Å². The van der Waals surface area contributed by atoms with Crippen LogP contribution in [0.3, 0.4) is 0 Å². The van der Waals surface area contributed by atoms with Crippen molar-refractivity contribution in [1.29, 1.82) is 0 Å². The van der Waals surface area contributed by atoms with Crippen LogP contribution in [-0.4, -0.2) is 23.7 Å². The number of rotatable bonds is 6. The van der Waals surface area contributed by atoms with E-state index < -0.39 is 0 Å². The van der Waals surface area contributed by atoms with Gasteiger partial charge in [-0.15, -0.1) is 0 Å². The van der Waals surface area contributed by atoms with Gasteiger partial charge in [-0.3, -0.25) is 4.98 Å². The molecule has 1 aliphatic carbocycles. The monoisotopic (exact) mass is 400 g/mol. The Hall–Kier alpha value is -2.23. The summed E-state index contributed by atoms with van der Waals surface area (Å²) in [6.07, 6.45) is 10.3. The van der Waals surface area contributed by atoms with Crippen LogP contribution in [0.1, 0.15) is 56.2 Å². The Labute approximate surface area is 179 Å². The normalized spacial score (nSPS) is 23.2. The highest BCUT2D eigenvalue weighted by Gasteiger charge is 2.48. The zero-order chi connectivity index (χ0) is 20.3. The molecule has 3 aromatic rings. The Morgan fingerprint density at radius 2 is 1.73 bits per heavy atom. The van der Waals surface area contributed by atoms with Crippen molar-refractivity contribution in [2.75, 3.05) is 13.2 Å². The van der Waals surface area contributed by atoms with Gasteiger partial charge < -0.3 is 10.1 Å². The fourth-order valence-corrected chi connectivity index (χ4v) is 5.71. The van der Waals surface area contributed by atoms with Gasteiger partial charge in [-0.05, 0) is 73.2 Å². The summed E-state index contributed by atoms with van der Waals surface area (Å²) in [7, 11) is 0. The van der Waals surface area contributed by atoms with E-state index in [0.717, 1.165) is 39.0 Å². The van der Waals surface area contributed by atoms with E-state index in [0.29, 0.717) is 0 Å². The van der Waals surface area contributed by atoms with E-state index in [1.54, 1.807) is 0 Å². The van der Waals surface area contributed by atoms with E-state index in [9.17, 15) is 0 Å². The molecule has 3 heteroatoms. The summed E-state index contributed by atoms with van der Waals surface area (Å²) in [5, 5.41) is 6.34. The number of nitrogens with one attached hydrogen (secondary N) is 1. The molecule has 2 aliphatic rings. The maximum atomic E-state index is 6.37. The van der Waals surface area contributed by atoms with Crippen molar-refractivity contribution in [3.63, 3.8) is 0 Å². The van der Waals surface area contributed by atoms with Crippen LogP contribution in [0.2, 0.25) is 0 Å². The van der Waals surface area contributed by atoms with Gasteiger partial charge in [-0.2, -0.15) is 0 Å². The first kappa shape index (κ1) is 19.7. The van der Waals surface area contributed by atoms with Crippen LogP contribution in [0.15, 0.2) is 66.9 Å². The van der Waals surface area contributed by atoms with Gasteiger partial charge in [-0.25, -0.2) is 0 Å². The molecule has 2 heterocycles. The molecule has 30 heavy (non-hydrogen) atoms. The average molecular weight is 401 g/mol. The number of hydrogen-bond donors (Lipinski definition) is 1. The molecule has 1 saturated carbocycles. The zero-order valence-electron chi connectivity index (χ0n) is 17.8. The molecule has 1 spiro atoms. The lowest BCUT2D eigenvalue weighted by molar-refractivity contribution is -0.104. The largest absolute Gasteiger partial charge is 0.375 e. The summed E-state index contributed by atoms with van der Waals surface area (Å²) in [6.45, 7) is 2.77. The van der Waals surface area contributed by atoms with E-state index in [-0.39, 0.29) is 11.0 Å². The molecule has 156 valence electrons. The van der Waals surface area contributed by atoms with E-state index >= 15 is 0 Å². The molecule has 3 nitrogen and oxygen atoms in total. The molecular weight excluding hydrogens is 368 g/mol. The second-order valence-corrected chi connectivity index (χ2v) is 9.27. The van der Waals surface area contributed by atoms with Crippen molar-refractivity contribution in [1.82, 2.24) is 10.3 Å². The number of nitrogens with zero attached hydrogens (tertiary/aromatic N) is 1. The summed E-state index contributed by atoms with van der Waals surface area (Å²) in [5.41, 5.74) is 2.82. The number of aromatic nitrogens is 1. The van der Waals surface area contributed by atoms with Gasteiger partial charge in [0, 0.05) is 30.5 Å². The van der Waals surface area contributed by atoms with Gasteiger partial charge in [0.25, 0.3) is 0 Å². The molecule has 0 amide bonds. The molecule has 0 bridgehead atoms. The van der Waals surface area contributed by atoms with Crippen molar-refractivity contribution >= 4 is 10.8 Å². The van der Waals surface area contributed by atoms with E-state index in [1.165, 1.54) is 47.7 Å². The van der Waals surface area contributed by atoms with Crippen molar-refractivity contribution in [2.45, 2.75) is 62.5 Å². The Bertz CT molecular complexity index is 980. The standard InChI is InChI=1S/C27H32N2O/c1-2-8-24-19-22(10-11-23(24)7-1)20-28-17-14-26(25-9-3-6-16-29-25)15-18-30-27(21-26)12-4-5-13-27/h1-3,6-11,16,19,28H,4-5,12-15,17-18,20-21H2/t26-/m0/s1. The predicted octanol–water partition coefficient (Wildman–Crippen LogP) is 5.78. The third-order valence-corrected chi connectivity index (χ3v) is 7.30. The van der Waals surface area contributed by atoms with Crippen LogP contribution < -0.4 is 5.32 Å². The molecule has 1 atom stereocenters. The molecule has 2 fully saturated rings. The van der Waals surface area contributed by atoms with Gasteiger partial charge in [-0.1, -0.05) is 55.3 Å². The summed E-state index contributed by atoms with van der Waals surface area (Å²) in [4.78, 5) is 4.82. The molecule has 0 unspecified atom stereocenters. The summed E-state index contributed by atoms with van der Waals surface area (Å²) in [5.74, 6) is 0. The Morgan fingerprint density at radius 1 is 0.900 bits per heavy atom. The van der Waals surface area contributed by atoms with E-state index in [2.05, 4.69) is 59.9 Å². The third kappa shape index (κ3) is 4.01. The predicted molar refractivity (Wildman–Crippen MR) is 123 cm³/mol. The number of pyridine rings is 1. The minimum atomic E-state index is 0.0914. The second kappa shape index (κ2) is 8.49. The van der Waals surface area contributed by atoms with E-state index in [4.69, 9.17) is 9.72 Å². The van der Waals surface area contributed by atoms with Gasteiger partial charge in [0.15, 0.2) is 0 Å². The van der Waals surface area contributed by atoms with Crippen molar-refractivity contribution in [3.05, 3.63) is 78.1 Å². The molecule has 1 saturated heterocycles. The van der Waals surface area contributed by atoms with Crippen molar-refractivity contribution in [3.8, 4) is 0 Å². The Morgan fingerprint density at radius 3 is 2.57 bits per heavy atom. The number of hydrogen-bond acceptors (Lipinski definition) is 3. The SMILES string of the molecule is c1ccc([C@@]2(CCNCc3ccc4ccccc4c3)CCOC3(CCCC3)C2)nc1. The molecular formula is C27H32N2O. The van der Waals surface area contributed by atoms with Crippen LogP contribution in [0.5, 0.6) is 0 Å². The molecule has 0 radical (unpaired) electrons. The summed E-state index contributed by atoms with van der Waals surface area (Å²) in [6, 6.07) is 21.8. The van der Waals surface area contributed by atoms with Crippen LogP contribution in [0.25, 0.3) is 10.8 Å². The maximum absolute atomic E-state index is 6.37. The lowest BCUT2D eigenvalue weighted by Crippen LogP contribution is -2.47. The van der Waals surface area contributed by atoms with Crippen LogP contribution in [-0.2, 0) is 16.7 Å². The highest BCUT2D eigenvalue weighted by molar-refractivity contribution is 5.82. The first-order valence-electron chi connectivity index (χ1n) is 11.5. The van der Waals surface area contributed by atoms with E-state index in [1.807, 2.05) is 12.3 Å². The Balaban J connectivity index is 1.28. The van der Waals surface area contributed by atoms with Gasteiger partial charge >= 0.3 is 0 Å². The first-order valence-corrected chi connectivity index (χ1v) is 11.5. The smallest absolute Gasteiger partial charge is 0.0691 e. The second-order valence-electron chi connectivity index (χ2n) is 9.27. The maximum Gasteiger partial charge on any atom is 0.0691 e. The zero-order valence-corrected chi connectivity index (χ0v) is 17.8. The van der Waals surface area contributed by atoms with Crippen molar-refractivity contribution in [2.24, 2.45) is 0 Å². The minimum absolute atomic E-state index is 0.0914. The lowest BCUT2D eigenvalue weighted by atomic mass is 9.68. The summed E-state index contributed by atoms with van der Waals surface area (Å²) < 4.78 is 6.37. The molecule has 1 aromatic heterocycles. The molecule has 1 N–H and O–H groups in total. The highest BCUT2D eigenvalue weighted by atomic mass is 16.5. The average Bonchev–Trinajstić information content (AvgIpc) is 3.24. The molecule has 1 aliphatic heterocycles. The van der Waals surface area contributed by atoms with Gasteiger partial charge in [0.05, 0.1) is 5.60 Å². The molecule has 5 rings (SSSR count). The Kier molecular flexibility index (Phi) is 5.58.